The quantitative estimate of drug-likeness (QED) is 0.559. The highest BCUT2D eigenvalue weighted by Crippen LogP contribution is 2.15. The third kappa shape index (κ3) is 6.44. The number of rotatable bonds is 8. The first-order chi connectivity index (χ1) is 6.63. The fourth-order valence-electron chi connectivity index (χ4n) is 1.39. The van der Waals surface area contributed by atoms with E-state index in [1.54, 1.807) is 8.05 Å². The SMILES string of the molecule is BOCC(CC(C)CC)OC(C)CC. The van der Waals surface area contributed by atoms with Crippen LogP contribution in [0.15, 0.2) is 0 Å². The third-order valence-corrected chi connectivity index (χ3v) is 2.71. The van der Waals surface area contributed by atoms with Crippen LogP contribution < -0.4 is 0 Å². The number of hydrogen-bond donors (Lipinski definition) is 0. The van der Waals surface area contributed by atoms with Crippen molar-refractivity contribution in [3.05, 3.63) is 0 Å². The van der Waals surface area contributed by atoms with Crippen molar-refractivity contribution in [1.82, 2.24) is 0 Å². The van der Waals surface area contributed by atoms with Crippen molar-refractivity contribution < 1.29 is 9.39 Å². The van der Waals surface area contributed by atoms with Crippen LogP contribution in [0.2, 0.25) is 0 Å². The van der Waals surface area contributed by atoms with E-state index in [2.05, 4.69) is 27.7 Å². The van der Waals surface area contributed by atoms with Crippen molar-refractivity contribution in [2.45, 2.75) is 59.2 Å². The van der Waals surface area contributed by atoms with E-state index >= 15 is 0 Å². The molecular formula is C11H25BO2. The number of ether oxygens (including phenoxy) is 1. The van der Waals surface area contributed by atoms with E-state index in [4.69, 9.17) is 9.39 Å². The van der Waals surface area contributed by atoms with Crippen molar-refractivity contribution in [1.29, 1.82) is 0 Å². The zero-order valence-electron chi connectivity index (χ0n) is 10.4. The molecular weight excluding hydrogens is 175 g/mol. The van der Waals surface area contributed by atoms with E-state index in [9.17, 15) is 0 Å². The van der Waals surface area contributed by atoms with Gasteiger partial charge in [-0.1, -0.05) is 27.2 Å². The lowest BCUT2D eigenvalue weighted by Gasteiger charge is -2.23. The van der Waals surface area contributed by atoms with Crippen LogP contribution >= 0.6 is 0 Å². The van der Waals surface area contributed by atoms with Crippen LogP contribution in [0.25, 0.3) is 0 Å². The third-order valence-electron chi connectivity index (χ3n) is 2.71. The normalized spacial score (nSPS) is 17.7. The van der Waals surface area contributed by atoms with Crippen LogP contribution in [-0.2, 0) is 9.39 Å². The average molecular weight is 200 g/mol. The Morgan fingerprint density at radius 1 is 1.14 bits per heavy atom. The molecule has 3 unspecified atom stereocenters. The summed E-state index contributed by atoms with van der Waals surface area (Å²) in [6, 6.07) is 0. The van der Waals surface area contributed by atoms with Gasteiger partial charge in [-0.25, -0.2) is 0 Å². The minimum atomic E-state index is 0.268. The van der Waals surface area contributed by atoms with Gasteiger partial charge >= 0.3 is 0 Å². The molecule has 0 aromatic heterocycles. The Morgan fingerprint density at radius 2 is 1.79 bits per heavy atom. The fraction of sp³-hybridized carbons (Fsp3) is 1.00. The highest BCUT2D eigenvalue weighted by atomic mass is 16.5. The van der Waals surface area contributed by atoms with Crippen LogP contribution in [0.5, 0.6) is 0 Å². The zero-order valence-corrected chi connectivity index (χ0v) is 10.4. The molecule has 0 aliphatic carbocycles. The molecule has 0 N–H and O–H groups in total. The topological polar surface area (TPSA) is 18.5 Å². The van der Waals surface area contributed by atoms with Crippen molar-refractivity contribution in [2.24, 2.45) is 5.92 Å². The maximum atomic E-state index is 5.89. The first-order valence-electron chi connectivity index (χ1n) is 5.78. The van der Waals surface area contributed by atoms with Crippen LogP contribution in [0.4, 0.5) is 0 Å². The number of hydrogen-bond acceptors (Lipinski definition) is 2. The molecule has 0 spiro atoms. The van der Waals surface area contributed by atoms with Crippen molar-refractivity contribution >= 4 is 8.05 Å². The lowest BCUT2D eigenvalue weighted by atomic mass is 10.0. The summed E-state index contributed by atoms with van der Waals surface area (Å²) in [5, 5.41) is 0. The molecule has 3 heteroatoms. The molecule has 0 aromatic rings. The Labute approximate surface area is 89.8 Å². The molecule has 0 saturated heterocycles. The van der Waals surface area contributed by atoms with Crippen LogP contribution in [0.3, 0.4) is 0 Å². The highest BCUT2D eigenvalue weighted by molar-refractivity contribution is 5.97. The minimum absolute atomic E-state index is 0.268. The predicted octanol–water partition coefficient (Wildman–Crippen LogP) is 2.17. The Bertz CT molecular complexity index is 118. The second-order valence-corrected chi connectivity index (χ2v) is 4.18. The lowest BCUT2D eigenvalue weighted by Crippen LogP contribution is -2.26. The van der Waals surface area contributed by atoms with E-state index in [0.717, 1.165) is 18.8 Å². The zero-order chi connectivity index (χ0) is 11.0. The monoisotopic (exact) mass is 200 g/mol. The minimum Gasteiger partial charge on any atom is -0.441 e. The maximum Gasteiger partial charge on any atom is 0.257 e. The standard InChI is InChI=1S/C11H25BO2/c1-5-9(3)7-11(8-13-12)14-10(4)6-2/h9-11H,5-8,12H2,1-4H3. The van der Waals surface area contributed by atoms with E-state index in [1.165, 1.54) is 6.42 Å². The molecule has 84 valence electrons. The van der Waals surface area contributed by atoms with Gasteiger partial charge in [-0.3, -0.25) is 0 Å². The summed E-state index contributed by atoms with van der Waals surface area (Å²) >= 11 is 0. The molecule has 0 bridgehead atoms. The summed E-state index contributed by atoms with van der Waals surface area (Å²) in [6.07, 6.45) is 4.00. The van der Waals surface area contributed by atoms with Crippen molar-refractivity contribution in [3.8, 4) is 0 Å². The highest BCUT2D eigenvalue weighted by Gasteiger charge is 2.14. The Morgan fingerprint density at radius 3 is 2.21 bits per heavy atom. The van der Waals surface area contributed by atoms with Crippen molar-refractivity contribution in [3.63, 3.8) is 0 Å². The molecule has 0 heterocycles. The Balaban J connectivity index is 3.88. The molecule has 0 fully saturated rings. The van der Waals surface area contributed by atoms with Gasteiger partial charge in [0.15, 0.2) is 0 Å². The van der Waals surface area contributed by atoms with Gasteiger partial charge in [-0.05, 0) is 25.7 Å². The Kier molecular flexibility index (Phi) is 8.30. The summed E-state index contributed by atoms with van der Waals surface area (Å²) in [7, 11) is 1.74. The predicted molar refractivity (Wildman–Crippen MR) is 63.2 cm³/mol. The smallest absolute Gasteiger partial charge is 0.257 e. The first-order valence-corrected chi connectivity index (χ1v) is 5.78. The lowest BCUT2D eigenvalue weighted by molar-refractivity contribution is -0.0362. The Hall–Kier alpha value is -0.0151. The molecule has 0 rings (SSSR count). The van der Waals surface area contributed by atoms with Gasteiger partial charge < -0.3 is 9.39 Å². The second-order valence-electron chi connectivity index (χ2n) is 4.18. The van der Waals surface area contributed by atoms with E-state index in [1.807, 2.05) is 0 Å². The summed E-state index contributed by atoms with van der Waals surface area (Å²) in [4.78, 5) is 0. The van der Waals surface area contributed by atoms with E-state index in [-0.39, 0.29) is 6.10 Å². The molecule has 0 aliphatic rings. The molecule has 0 radical (unpaired) electrons. The van der Waals surface area contributed by atoms with E-state index < -0.39 is 0 Å². The van der Waals surface area contributed by atoms with Gasteiger partial charge in [0.1, 0.15) is 0 Å². The van der Waals surface area contributed by atoms with Gasteiger partial charge in [0.25, 0.3) is 8.05 Å². The fourth-order valence-corrected chi connectivity index (χ4v) is 1.39. The molecule has 0 amide bonds. The molecule has 3 atom stereocenters. The van der Waals surface area contributed by atoms with Crippen LogP contribution in [0.1, 0.15) is 47.0 Å². The van der Waals surface area contributed by atoms with Gasteiger partial charge in [0, 0.05) is 0 Å². The largest absolute Gasteiger partial charge is 0.441 e. The average Bonchev–Trinajstić information content (AvgIpc) is 2.17. The van der Waals surface area contributed by atoms with Crippen LogP contribution in [0, 0.1) is 5.92 Å². The summed E-state index contributed by atoms with van der Waals surface area (Å²) in [5.41, 5.74) is 0. The molecule has 0 saturated carbocycles. The molecule has 2 nitrogen and oxygen atoms in total. The van der Waals surface area contributed by atoms with Gasteiger partial charge in [0.2, 0.25) is 0 Å². The van der Waals surface area contributed by atoms with Crippen molar-refractivity contribution in [2.75, 3.05) is 6.61 Å². The van der Waals surface area contributed by atoms with Gasteiger partial charge in [-0.15, -0.1) is 0 Å². The molecule has 0 aromatic carbocycles. The summed E-state index contributed by atoms with van der Waals surface area (Å²) in [6.45, 7) is 9.48. The second kappa shape index (κ2) is 8.31. The molecule has 0 aliphatic heterocycles. The van der Waals surface area contributed by atoms with Crippen LogP contribution in [-0.4, -0.2) is 26.9 Å². The molecule has 14 heavy (non-hydrogen) atoms. The summed E-state index contributed by atoms with van der Waals surface area (Å²) < 4.78 is 11.1. The maximum absolute atomic E-state index is 5.89. The van der Waals surface area contributed by atoms with Gasteiger partial charge in [-0.2, -0.15) is 0 Å². The first kappa shape index (κ1) is 14.0. The summed E-state index contributed by atoms with van der Waals surface area (Å²) in [5.74, 6) is 0.721. The van der Waals surface area contributed by atoms with Gasteiger partial charge in [0.05, 0.1) is 18.8 Å². The van der Waals surface area contributed by atoms with E-state index in [0.29, 0.717) is 12.7 Å².